The van der Waals surface area contributed by atoms with Crippen molar-refractivity contribution in [1.82, 2.24) is 0 Å². The van der Waals surface area contributed by atoms with Crippen LogP contribution in [-0.2, 0) is 0 Å². The van der Waals surface area contributed by atoms with Crippen LogP contribution < -0.4 is 10.5 Å². The number of ether oxygens (including phenoxy) is 1. The van der Waals surface area contributed by atoms with E-state index < -0.39 is 12.0 Å². The van der Waals surface area contributed by atoms with E-state index in [9.17, 15) is 9.90 Å². The van der Waals surface area contributed by atoms with Crippen LogP contribution in [0.4, 0.5) is 0 Å². The first-order chi connectivity index (χ1) is 9.63. The summed E-state index contributed by atoms with van der Waals surface area (Å²) in [7, 11) is 0. The first kappa shape index (κ1) is 14.1. The van der Waals surface area contributed by atoms with Crippen LogP contribution in [0.5, 0.6) is 11.5 Å². The number of aliphatic hydroxyl groups is 1. The molecule has 2 aromatic rings. The Labute approximate surface area is 117 Å². The highest BCUT2D eigenvalue weighted by Crippen LogP contribution is 2.32. The van der Waals surface area contributed by atoms with Gasteiger partial charge in [-0.1, -0.05) is 37.3 Å². The fraction of sp³-hybridized carbons (Fsp3) is 0.188. The number of para-hydroxylation sites is 2. The molecule has 20 heavy (non-hydrogen) atoms. The molecule has 3 N–H and O–H groups in total. The van der Waals surface area contributed by atoms with Gasteiger partial charge in [-0.3, -0.25) is 4.79 Å². The molecular formula is C16H17NO3. The van der Waals surface area contributed by atoms with Crippen molar-refractivity contribution in [1.29, 1.82) is 0 Å². The van der Waals surface area contributed by atoms with Gasteiger partial charge >= 0.3 is 0 Å². The highest BCUT2D eigenvalue weighted by atomic mass is 16.5. The van der Waals surface area contributed by atoms with E-state index in [1.165, 1.54) is 0 Å². The Balaban J connectivity index is 2.38. The van der Waals surface area contributed by atoms with Crippen molar-refractivity contribution in [3.8, 4) is 11.5 Å². The summed E-state index contributed by atoms with van der Waals surface area (Å²) in [5.74, 6) is 0.362. The number of nitrogens with two attached hydrogens (primary N) is 1. The molecule has 1 atom stereocenters. The molecule has 0 spiro atoms. The van der Waals surface area contributed by atoms with Gasteiger partial charge in [0.05, 0.1) is 11.7 Å². The molecule has 4 heteroatoms. The lowest BCUT2D eigenvalue weighted by Crippen LogP contribution is -2.12. The predicted molar refractivity (Wildman–Crippen MR) is 76.7 cm³/mol. The van der Waals surface area contributed by atoms with Crippen molar-refractivity contribution in [3.05, 3.63) is 59.7 Å². The molecule has 4 nitrogen and oxygen atoms in total. The molecule has 2 rings (SSSR count). The molecular weight excluding hydrogens is 254 g/mol. The van der Waals surface area contributed by atoms with Gasteiger partial charge in [0.15, 0.2) is 0 Å². The molecule has 0 aliphatic rings. The predicted octanol–water partition coefficient (Wildman–Crippen LogP) is 3.02. The molecule has 104 valence electrons. The van der Waals surface area contributed by atoms with Gasteiger partial charge in [-0.25, -0.2) is 0 Å². The zero-order chi connectivity index (χ0) is 14.5. The Bertz CT molecular complexity index is 610. The lowest BCUT2D eigenvalue weighted by atomic mass is 10.1. The number of amides is 1. The summed E-state index contributed by atoms with van der Waals surface area (Å²) < 4.78 is 5.76. The van der Waals surface area contributed by atoms with Gasteiger partial charge < -0.3 is 15.6 Å². The Kier molecular flexibility index (Phi) is 4.38. The summed E-state index contributed by atoms with van der Waals surface area (Å²) >= 11 is 0. The number of rotatable bonds is 5. The van der Waals surface area contributed by atoms with Crippen LogP contribution in [0.3, 0.4) is 0 Å². The normalized spacial score (nSPS) is 11.9. The summed E-state index contributed by atoms with van der Waals surface area (Å²) in [6.07, 6.45) is -0.0235. The van der Waals surface area contributed by atoms with E-state index in [2.05, 4.69) is 0 Å². The van der Waals surface area contributed by atoms with Crippen LogP contribution in [0.15, 0.2) is 48.5 Å². The topological polar surface area (TPSA) is 72.6 Å². The maximum atomic E-state index is 11.4. The van der Waals surface area contributed by atoms with Crippen molar-refractivity contribution in [3.63, 3.8) is 0 Å². The van der Waals surface area contributed by atoms with Crippen molar-refractivity contribution < 1.29 is 14.6 Å². The Morgan fingerprint density at radius 1 is 1.15 bits per heavy atom. The lowest BCUT2D eigenvalue weighted by Gasteiger charge is -2.15. The zero-order valence-corrected chi connectivity index (χ0v) is 11.2. The molecule has 0 radical (unpaired) electrons. The van der Waals surface area contributed by atoms with Gasteiger partial charge in [0.1, 0.15) is 11.5 Å². The summed E-state index contributed by atoms with van der Waals surface area (Å²) in [5, 5.41) is 9.99. The lowest BCUT2D eigenvalue weighted by molar-refractivity contribution is 0.0998. The zero-order valence-electron chi connectivity index (χ0n) is 11.2. The summed E-state index contributed by atoms with van der Waals surface area (Å²) in [4.78, 5) is 11.4. The number of primary amides is 1. The van der Waals surface area contributed by atoms with Gasteiger partial charge in [0.2, 0.25) is 0 Å². The number of hydrogen-bond acceptors (Lipinski definition) is 3. The minimum absolute atomic E-state index is 0.313. The molecule has 0 aromatic heterocycles. The van der Waals surface area contributed by atoms with Crippen molar-refractivity contribution in [2.75, 3.05) is 0 Å². The SMILES string of the molecule is CC[C@H](O)c1ccccc1Oc1ccccc1C(N)=O. The van der Waals surface area contributed by atoms with Crippen LogP contribution in [0.2, 0.25) is 0 Å². The molecule has 0 saturated carbocycles. The molecule has 1 amide bonds. The molecule has 0 aliphatic carbocycles. The van der Waals surface area contributed by atoms with E-state index >= 15 is 0 Å². The monoisotopic (exact) mass is 271 g/mol. The van der Waals surface area contributed by atoms with E-state index in [-0.39, 0.29) is 0 Å². The standard InChI is InChI=1S/C16H17NO3/c1-2-13(18)11-7-3-5-9-14(11)20-15-10-6-4-8-12(15)16(17)19/h3-10,13,18H,2H2,1H3,(H2,17,19)/t13-/m0/s1. The van der Waals surface area contributed by atoms with Crippen molar-refractivity contribution in [2.24, 2.45) is 5.73 Å². The third-order valence-corrected chi connectivity index (χ3v) is 3.04. The number of carbonyl (C=O) groups is 1. The van der Waals surface area contributed by atoms with Gasteiger partial charge in [-0.15, -0.1) is 0 Å². The molecule has 0 unspecified atom stereocenters. The van der Waals surface area contributed by atoms with Gasteiger partial charge in [0, 0.05) is 5.56 Å². The summed E-state index contributed by atoms with van der Waals surface area (Å²) in [6.45, 7) is 1.89. The fourth-order valence-corrected chi connectivity index (χ4v) is 1.95. The maximum Gasteiger partial charge on any atom is 0.252 e. The molecule has 0 bridgehead atoms. The Morgan fingerprint density at radius 2 is 1.75 bits per heavy atom. The third-order valence-electron chi connectivity index (χ3n) is 3.04. The van der Waals surface area contributed by atoms with Crippen LogP contribution in [0.1, 0.15) is 35.4 Å². The van der Waals surface area contributed by atoms with Crippen LogP contribution in [-0.4, -0.2) is 11.0 Å². The number of carbonyl (C=O) groups excluding carboxylic acids is 1. The molecule has 0 heterocycles. The number of aliphatic hydroxyl groups excluding tert-OH is 1. The first-order valence-electron chi connectivity index (χ1n) is 6.47. The van der Waals surface area contributed by atoms with Gasteiger partial charge in [-0.2, -0.15) is 0 Å². The first-order valence-corrected chi connectivity index (χ1v) is 6.47. The van der Waals surface area contributed by atoms with Crippen molar-refractivity contribution in [2.45, 2.75) is 19.4 Å². The minimum atomic E-state index is -0.605. The second-order valence-corrected chi connectivity index (χ2v) is 4.42. The second-order valence-electron chi connectivity index (χ2n) is 4.42. The van der Waals surface area contributed by atoms with Crippen LogP contribution in [0.25, 0.3) is 0 Å². The minimum Gasteiger partial charge on any atom is -0.456 e. The average Bonchev–Trinajstić information content (AvgIpc) is 2.47. The van der Waals surface area contributed by atoms with E-state index in [1.807, 2.05) is 19.1 Å². The third kappa shape index (κ3) is 2.97. The second kappa shape index (κ2) is 6.21. The largest absolute Gasteiger partial charge is 0.456 e. The maximum absolute atomic E-state index is 11.4. The van der Waals surface area contributed by atoms with E-state index in [0.29, 0.717) is 29.0 Å². The van der Waals surface area contributed by atoms with Gasteiger partial charge in [-0.05, 0) is 24.6 Å². The highest BCUT2D eigenvalue weighted by molar-refractivity contribution is 5.95. The smallest absolute Gasteiger partial charge is 0.252 e. The van der Waals surface area contributed by atoms with E-state index in [1.54, 1.807) is 36.4 Å². The van der Waals surface area contributed by atoms with E-state index in [4.69, 9.17) is 10.5 Å². The van der Waals surface area contributed by atoms with Crippen LogP contribution in [0, 0.1) is 0 Å². The van der Waals surface area contributed by atoms with E-state index in [0.717, 1.165) is 0 Å². The van der Waals surface area contributed by atoms with Crippen LogP contribution >= 0.6 is 0 Å². The number of hydrogen-bond donors (Lipinski definition) is 2. The molecule has 0 fully saturated rings. The quantitative estimate of drug-likeness (QED) is 0.878. The molecule has 2 aromatic carbocycles. The fourth-order valence-electron chi connectivity index (χ4n) is 1.95. The molecule has 0 saturated heterocycles. The summed E-state index contributed by atoms with van der Waals surface area (Å²) in [6, 6.07) is 14.0. The highest BCUT2D eigenvalue weighted by Gasteiger charge is 2.14. The molecule has 0 aliphatic heterocycles. The van der Waals surface area contributed by atoms with Crippen molar-refractivity contribution >= 4 is 5.91 Å². The number of benzene rings is 2. The average molecular weight is 271 g/mol. The Morgan fingerprint density at radius 3 is 2.40 bits per heavy atom. The Hall–Kier alpha value is -2.33. The summed E-state index contributed by atoms with van der Waals surface area (Å²) in [5.41, 5.74) is 6.33. The van der Waals surface area contributed by atoms with Gasteiger partial charge in [0.25, 0.3) is 5.91 Å².